The molecule has 78 valence electrons. The molecule has 13 heavy (non-hydrogen) atoms. The normalized spacial score (nSPS) is 31.6. The lowest BCUT2D eigenvalue weighted by molar-refractivity contribution is -0.164. The lowest BCUT2D eigenvalue weighted by Crippen LogP contribution is -2.27. The Morgan fingerprint density at radius 3 is 2.85 bits per heavy atom. The summed E-state index contributed by atoms with van der Waals surface area (Å²) in [6.07, 6.45) is 5.10. The Morgan fingerprint density at radius 2 is 2.23 bits per heavy atom. The zero-order chi connectivity index (χ0) is 9.68. The molecule has 3 atom stereocenters. The fourth-order valence-corrected chi connectivity index (χ4v) is 1.73. The van der Waals surface area contributed by atoms with Gasteiger partial charge in [0.2, 0.25) is 0 Å². The van der Waals surface area contributed by atoms with Crippen LogP contribution in [-0.4, -0.2) is 28.7 Å². The van der Waals surface area contributed by atoms with Crippen LogP contribution < -0.4 is 0 Å². The molecule has 0 amide bonds. The Morgan fingerprint density at radius 1 is 1.46 bits per heavy atom. The van der Waals surface area contributed by atoms with Crippen LogP contribution in [0.4, 0.5) is 0 Å². The summed E-state index contributed by atoms with van der Waals surface area (Å²) in [7, 11) is 0. The van der Waals surface area contributed by atoms with Gasteiger partial charge in [0.15, 0.2) is 6.29 Å². The van der Waals surface area contributed by atoms with Crippen LogP contribution in [0.3, 0.4) is 0 Å². The van der Waals surface area contributed by atoms with Crippen molar-refractivity contribution in [3.8, 4) is 0 Å². The minimum atomic E-state index is -0.551. The van der Waals surface area contributed by atoms with E-state index in [4.69, 9.17) is 9.84 Å². The number of aliphatic hydroxyl groups is 2. The van der Waals surface area contributed by atoms with Crippen LogP contribution in [0.25, 0.3) is 0 Å². The summed E-state index contributed by atoms with van der Waals surface area (Å²) < 4.78 is 5.34. The Hall–Kier alpha value is -0.120. The summed E-state index contributed by atoms with van der Waals surface area (Å²) in [5, 5.41) is 18.3. The Balaban J connectivity index is 2.06. The van der Waals surface area contributed by atoms with Crippen LogP contribution in [-0.2, 0) is 4.74 Å². The third kappa shape index (κ3) is 4.60. The van der Waals surface area contributed by atoms with E-state index in [2.05, 4.69) is 0 Å². The van der Waals surface area contributed by atoms with Crippen molar-refractivity contribution in [1.82, 2.24) is 0 Å². The van der Waals surface area contributed by atoms with Gasteiger partial charge < -0.3 is 14.9 Å². The largest absolute Gasteiger partial charge is 0.393 e. The summed E-state index contributed by atoms with van der Waals surface area (Å²) in [6.45, 7) is 1.80. The third-order valence-corrected chi connectivity index (χ3v) is 2.47. The van der Waals surface area contributed by atoms with Gasteiger partial charge in [0.1, 0.15) is 0 Å². The van der Waals surface area contributed by atoms with Crippen molar-refractivity contribution in [2.75, 3.05) is 0 Å². The number of rotatable bonds is 4. The molecule has 0 bridgehead atoms. The molecule has 1 heterocycles. The maximum absolute atomic E-state index is 9.22. The maximum Gasteiger partial charge on any atom is 0.154 e. The van der Waals surface area contributed by atoms with Crippen LogP contribution in [0.2, 0.25) is 0 Å². The van der Waals surface area contributed by atoms with Crippen molar-refractivity contribution in [3.05, 3.63) is 0 Å². The molecule has 1 aliphatic rings. The van der Waals surface area contributed by atoms with Crippen molar-refractivity contribution in [1.29, 1.82) is 0 Å². The van der Waals surface area contributed by atoms with Gasteiger partial charge in [-0.1, -0.05) is 0 Å². The van der Waals surface area contributed by atoms with Gasteiger partial charge in [0, 0.05) is 0 Å². The van der Waals surface area contributed by atoms with Crippen LogP contribution in [0.15, 0.2) is 0 Å². The number of hydrogen-bond acceptors (Lipinski definition) is 3. The summed E-state index contributed by atoms with van der Waals surface area (Å²) in [5.41, 5.74) is 0. The highest BCUT2D eigenvalue weighted by Gasteiger charge is 2.19. The van der Waals surface area contributed by atoms with Gasteiger partial charge in [-0.15, -0.1) is 0 Å². The van der Waals surface area contributed by atoms with Crippen molar-refractivity contribution < 1.29 is 14.9 Å². The van der Waals surface area contributed by atoms with Gasteiger partial charge in [-0.05, 0) is 45.4 Å². The zero-order valence-electron chi connectivity index (χ0n) is 8.28. The molecule has 0 aliphatic carbocycles. The van der Waals surface area contributed by atoms with Crippen molar-refractivity contribution in [3.63, 3.8) is 0 Å². The first kappa shape index (κ1) is 11.0. The predicted octanol–water partition coefficient (Wildman–Crippen LogP) is 1.43. The highest BCUT2D eigenvalue weighted by atomic mass is 16.6. The predicted molar refractivity (Wildman–Crippen MR) is 50.3 cm³/mol. The molecular formula is C10H20O3. The summed E-state index contributed by atoms with van der Waals surface area (Å²) >= 11 is 0. The number of ether oxygens (including phenoxy) is 1. The van der Waals surface area contributed by atoms with E-state index in [1.807, 2.05) is 0 Å². The Kier molecular flexibility index (Phi) is 4.70. The van der Waals surface area contributed by atoms with Crippen molar-refractivity contribution >= 4 is 0 Å². The molecule has 3 unspecified atom stereocenters. The van der Waals surface area contributed by atoms with E-state index < -0.39 is 6.29 Å². The molecule has 3 heteroatoms. The molecule has 1 rings (SSSR count). The Bertz CT molecular complexity index is 136. The van der Waals surface area contributed by atoms with Gasteiger partial charge >= 0.3 is 0 Å². The molecule has 0 saturated carbocycles. The molecule has 2 N–H and O–H groups in total. The number of aliphatic hydroxyl groups excluding tert-OH is 2. The quantitative estimate of drug-likeness (QED) is 0.701. The minimum Gasteiger partial charge on any atom is -0.393 e. The molecule has 0 spiro atoms. The highest BCUT2D eigenvalue weighted by molar-refractivity contribution is 4.66. The summed E-state index contributed by atoms with van der Waals surface area (Å²) in [4.78, 5) is 0. The zero-order valence-corrected chi connectivity index (χ0v) is 8.28. The first-order valence-corrected chi connectivity index (χ1v) is 5.20. The van der Waals surface area contributed by atoms with Gasteiger partial charge in [0.05, 0.1) is 12.2 Å². The van der Waals surface area contributed by atoms with Gasteiger partial charge in [0.25, 0.3) is 0 Å². The summed E-state index contributed by atoms with van der Waals surface area (Å²) in [5.74, 6) is 0. The molecule has 0 radical (unpaired) electrons. The average molecular weight is 188 g/mol. The molecule has 1 aliphatic heterocycles. The SMILES string of the molecule is CC(O)CCCC1CCCC(O)O1. The van der Waals surface area contributed by atoms with Crippen LogP contribution in [0.5, 0.6) is 0 Å². The summed E-state index contributed by atoms with van der Waals surface area (Å²) in [6, 6.07) is 0. The van der Waals surface area contributed by atoms with Crippen molar-refractivity contribution in [2.24, 2.45) is 0 Å². The van der Waals surface area contributed by atoms with E-state index in [9.17, 15) is 5.11 Å². The van der Waals surface area contributed by atoms with E-state index in [0.717, 1.165) is 38.5 Å². The standard InChI is InChI=1S/C10H20O3/c1-8(11)4-2-5-9-6-3-7-10(12)13-9/h8-12H,2-7H2,1H3. The smallest absolute Gasteiger partial charge is 0.154 e. The lowest BCUT2D eigenvalue weighted by atomic mass is 10.0. The Labute approximate surface area is 79.7 Å². The molecule has 1 fully saturated rings. The van der Waals surface area contributed by atoms with E-state index in [1.165, 1.54) is 0 Å². The molecule has 0 aromatic carbocycles. The van der Waals surface area contributed by atoms with Crippen LogP contribution >= 0.6 is 0 Å². The second-order valence-corrected chi connectivity index (χ2v) is 3.92. The molecule has 1 saturated heterocycles. The van der Waals surface area contributed by atoms with E-state index in [-0.39, 0.29) is 12.2 Å². The first-order chi connectivity index (χ1) is 6.18. The van der Waals surface area contributed by atoms with Gasteiger partial charge in [-0.3, -0.25) is 0 Å². The third-order valence-electron chi connectivity index (χ3n) is 2.47. The van der Waals surface area contributed by atoms with Gasteiger partial charge in [-0.2, -0.15) is 0 Å². The minimum absolute atomic E-state index is 0.211. The first-order valence-electron chi connectivity index (χ1n) is 5.20. The molecular weight excluding hydrogens is 168 g/mol. The van der Waals surface area contributed by atoms with E-state index in [1.54, 1.807) is 6.92 Å². The van der Waals surface area contributed by atoms with E-state index in [0.29, 0.717) is 0 Å². The van der Waals surface area contributed by atoms with Crippen LogP contribution in [0.1, 0.15) is 45.4 Å². The molecule has 3 nitrogen and oxygen atoms in total. The van der Waals surface area contributed by atoms with Crippen molar-refractivity contribution in [2.45, 2.75) is 63.9 Å². The fourth-order valence-electron chi connectivity index (χ4n) is 1.73. The van der Waals surface area contributed by atoms with Crippen LogP contribution in [0, 0.1) is 0 Å². The fraction of sp³-hybridized carbons (Fsp3) is 1.00. The maximum atomic E-state index is 9.22. The van der Waals surface area contributed by atoms with E-state index >= 15 is 0 Å². The monoisotopic (exact) mass is 188 g/mol. The average Bonchev–Trinajstić information content (AvgIpc) is 2.03. The molecule has 0 aromatic heterocycles. The van der Waals surface area contributed by atoms with Gasteiger partial charge in [-0.25, -0.2) is 0 Å². The number of hydrogen-bond donors (Lipinski definition) is 2. The highest BCUT2D eigenvalue weighted by Crippen LogP contribution is 2.21. The second-order valence-electron chi connectivity index (χ2n) is 3.92. The topological polar surface area (TPSA) is 49.7 Å². The molecule has 0 aromatic rings. The second kappa shape index (κ2) is 5.58. The lowest BCUT2D eigenvalue weighted by Gasteiger charge is -2.26.